The molecular weight excluding hydrogens is 402 g/mol. The van der Waals surface area contributed by atoms with Crippen molar-refractivity contribution >= 4 is 32.7 Å². The Balaban J connectivity index is 1.73. The predicted molar refractivity (Wildman–Crippen MR) is 117 cm³/mol. The molecule has 0 aliphatic heterocycles. The van der Waals surface area contributed by atoms with Crippen molar-refractivity contribution in [2.75, 3.05) is 18.4 Å². The molecule has 1 heterocycles. The minimum absolute atomic E-state index is 0.118. The van der Waals surface area contributed by atoms with E-state index in [1.165, 1.54) is 10.4 Å². The summed E-state index contributed by atoms with van der Waals surface area (Å²) in [7, 11) is -3.56. The van der Waals surface area contributed by atoms with Gasteiger partial charge in [0.2, 0.25) is 15.9 Å². The lowest BCUT2D eigenvalue weighted by atomic mass is 10.1. The van der Waals surface area contributed by atoms with Crippen molar-refractivity contribution in [1.82, 2.24) is 19.3 Å². The third-order valence-corrected chi connectivity index (χ3v) is 7.30. The zero-order valence-corrected chi connectivity index (χ0v) is 18.5. The van der Waals surface area contributed by atoms with Crippen LogP contribution in [0.25, 0.3) is 11.0 Å². The highest BCUT2D eigenvalue weighted by Crippen LogP contribution is 2.21. The van der Waals surface area contributed by atoms with Gasteiger partial charge in [0.1, 0.15) is 5.52 Å². The van der Waals surface area contributed by atoms with E-state index in [9.17, 15) is 13.2 Å². The molecule has 3 aromatic rings. The van der Waals surface area contributed by atoms with E-state index in [2.05, 4.69) is 15.6 Å². The minimum atomic E-state index is -3.56. The van der Waals surface area contributed by atoms with Gasteiger partial charge in [-0.15, -0.1) is 5.10 Å². The van der Waals surface area contributed by atoms with Gasteiger partial charge in [-0.1, -0.05) is 31.2 Å². The molecule has 0 aliphatic carbocycles. The Bertz CT molecular complexity index is 1170. The van der Waals surface area contributed by atoms with Gasteiger partial charge in [-0.2, -0.15) is 4.31 Å². The fourth-order valence-electron chi connectivity index (χ4n) is 3.30. The number of aryl methyl sites for hydroxylation is 2. The monoisotopic (exact) mass is 429 g/mol. The molecule has 2 aromatic carbocycles. The SMILES string of the molecule is CCN(CC)S(=O)(=O)c1ccc2c(c1)nnn2CCC(=O)Nc1cccc(C)c1C. The van der Waals surface area contributed by atoms with Crippen molar-refractivity contribution in [1.29, 1.82) is 0 Å². The number of carbonyl (C=O) groups is 1. The number of nitrogens with zero attached hydrogens (tertiary/aromatic N) is 4. The van der Waals surface area contributed by atoms with Crippen molar-refractivity contribution in [3.63, 3.8) is 0 Å². The molecule has 3 rings (SSSR count). The lowest BCUT2D eigenvalue weighted by Crippen LogP contribution is -2.30. The average Bonchev–Trinajstić information content (AvgIpc) is 3.13. The number of anilines is 1. The van der Waals surface area contributed by atoms with Gasteiger partial charge in [0.15, 0.2) is 0 Å². The Morgan fingerprint density at radius 1 is 1.13 bits per heavy atom. The van der Waals surface area contributed by atoms with Gasteiger partial charge < -0.3 is 5.32 Å². The van der Waals surface area contributed by atoms with Crippen molar-refractivity contribution < 1.29 is 13.2 Å². The Hall–Kier alpha value is -2.78. The molecule has 0 aliphatic rings. The normalized spacial score (nSPS) is 11.9. The second-order valence-electron chi connectivity index (χ2n) is 7.10. The molecule has 1 N–H and O–H groups in total. The van der Waals surface area contributed by atoms with Gasteiger partial charge in [-0.25, -0.2) is 13.1 Å². The fourth-order valence-corrected chi connectivity index (χ4v) is 4.78. The number of amides is 1. The summed E-state index contributed by atoms with van der Waals surface area (Å²) in [4.78, 5) is 12.6. The number of fused-ring (bicyclic) bond motifs is 1. The Kier molecular flexibility index (Phi) is 6.52. The molecule has 30 heavy (non-hydrogen) atoms. The number of sulfonamides is 1. The van der Waals surface area contributed by atoms with Crippen LogP contribution in [-0.4, -0.2) is 46.7 Å². The van der Waals surface area contributed by atoms with Crippen LogP contribution >= 0.6 is 0 Å². The molecule has 8 nitrogen and oxygen atoms in total. The lowest BCUT2D eigenvalue weighted by Gasteiger charge is -2.18. The largest absolute Gasteiger partial charge is 0.326 e. The number of hydrogen-bond acceptors (Lipinski definition) is 5. The highest BCUT2D eigenvalue weighted by Gasteiger charge is 2.22. The van der Waals surface area contributed by atoms with E-state index in [1.807, 2.05) is 32.0 Å². The van der Waals surface area contributed by atoms with Crippen LogP contribution in [0.3, 0.4) is 0 Å². The zero-order valence-electron chi connectivity index (χ0n) is 17.7. The predicted octanol–water partition coefficient (Wildman–Crippen LogP) is 3.11. The molecule has 0 spiro atoms. The van der Waals surface area contributed by atoms with Gasteiger partial charge in [0.25, 0.3) is 0 Å². The van der Waals surface area contributed by atoms with E-state index in [0.717, 1.165) is 16.8 Å². The second-order valence-corrected chi connectivity index (χ2v) is 9.04. The standard InChI is InChI=1S/C21H27N5O3S/c1-5-25(6-2)30(28,29)17-10-11-20-19(14-17)23-24-26(20)13-12-21(27)22-18-9-7-8-15(3)16(18)4/h7-11,14H,5-6,12-13H2,1-4H3,(H,22,27). The first-order chi connectivity index (χ1) is 14.3. The molecular formula is C21H27N5O3S. The summed E-state index contributed by atoms with van der Waals surface area (Å²) in [5.41, 5.74) is 4.13. The average molecular weight is 430 g/mol. The van der Waals surface area contributed by atoms with Crippen molar-refractivity contribution in [3.05, 3.63) is 47.5 Å². The molecule has 0 fully saturated rings. The maximum atomic E-state index is 12.7. The Labute approximate surface area is 176 Å². The van der Waals surface area contributed by atoms with Crippen LogP contribution in [0.15, 0.2) is 41.3 Å². The second kappa shape index (κ2) is 8.93. The zero-order chi connectivity index (χ0) is 21.9. The number of nitrogens with one attached hydrogen (secondary N) is 1. The first-order valence-electron chi connectivity index (χ1n) is 9.97. The van der Waals surface area contributed by atoms with E-state index in [0.29, 0.717) is 30.7 Å². The maximum Gasteiger partial charge on any atom is 0.243 e. The molecule has 0 saturated carbocycles. The molecule has 160 valence electrons. The van der Waals surface area contributed by atoms with Crippen LogP contribution in [0, 0.1) is 13.8 Å². The van der Waals surface area contributed by atoms with Gasteiger partial charge in [-0.3, -0.25) is 4.79 Å². The van der Waals surface area contributed by atoms with E-state index >= 15 is 0 Å². The van der Waals surface area contributed by atoms with Gasteiger partial charge in [0, 0.05) is 25.2 Å². The summed E-state index contributed by atoms with van der Waals surface area (Å²) >= 11 is 0. The van der Waals surface area contributed by atoms with Crippen LogP contribution in [0.5, 0.6) is 0 Å². The topological polar surface area (TPSA) is 97.2 Å². The van der Waals surface area contributed by atoms with Gasteiger partial charge in [0.05, 0.1) is 17.0 Å². The molecule has 0 saturated heterocycles. The lowest BCUT2D eigenvalue weighted by molar-refractivity contribution is -0.116. The van der Waals surface area contributed by atoms with Crippen LogP contribution in [0.1, 0.15) is 31.4 Å². The molecule has 0 atom stereocenters. The molecule has 9 heteroatoms. The summed E-state index contributed by atoms with van der Waals surface area (Å²) in [6.07, 6.45) is 0.228. The smallest absolute Gasteiger partial charge is 0.243 e. The number of hydrogen-bond donors (Lipinski definition) is 1. The molecule has 0 bridgehead atoms. The number of benzene rings is 2. The van der Waals surface area contributed by atoms with Gasteiger partial charge >= 0.3 is 0 Å². The van der Waals surface area contributed by atoms with Crippen LogP contribution in [0.4, 0.5) is 5.69 Å². The van der Waals surface area contributed by atoms with Gasteiger partial charge in [-0.05, 0) is 49.2 Å². The van der Waals surface area contributed by atoms with Crippen LogP contribution < -0.4 is 5.32 Å². The van der Waals surface area contributed by atoms with E-state index < -0.39 is 10.0 Å². The quantitative estimate of drug-likeness (QED) is 0.593. The Morgan fingerprint density at radius 2 is 1.87 bits per heavy atom. The molecule has 1 aromatic heterocycles. The van der Waals surface area contributed by atoms with E-state index in [4.69, 9.17) is 0 Å². The summed E-state index contributed by atoms with van der Waals surface area (Å²) in [6, 6.07) is 10.6. The fraction of sp³-hybridized carbons (Fsp3) is 0.381. The van der Waals surface area contributed by atoms with Crippen molar-refractivity contribution in [2.45, 2.75) is 45.6 Å². The maximum absolute atomic E-state index is 12.7. The first kappa shape index (κ1) is 21.9. The minimum Gasteiger partial charge on any atom is -0.326 e. The highest BCUT2D eigenvalue weighted by molar-refractivity contribution is 7.89. The van der Waals surface area contributed by atoms with Crippen LogP contribution in [0.2, 0.25) is 0 Å². The third-order valence-electron chi connectivity index (χ3n) is 5.26. The van der Waals surface area contributed by atoms with E-state index in [1.54, 1.807) is 30.7 Å². The van der Waals surface area contributed by atoms with Crippen LogP contribution in [-0.2, 0) is 21.4 Å². The highest BCUT2D eigenvalue weighted by atomic mass is 32.2. The first-order valence-corrected chi connectivity index (χ1v) is 11.4. The molecule has 0 radical (unpaired) electrons. The Morgan fingerprint density at radius 3 is 2.57 bits per heavy atom. The summed E-state index contributed by atoms with van der Waals surface area (Å²) < 4.78 is 28.4. The summed E-state index contributed by atoms with van der Waals surface area (Å²) in [5, 5.41) is 11.1. The van der Waals surface area contributed by atoms with Crippen molar-refractivity contribution in [3.8, 4) is 0 Å². The molecule has 1 amide bonds. The van der Waals surface area contributed by atoms with Crippen molar-refractivity contribution in [2.24, 2.45) is 0 Å². The molecule has 0 unspecified atom stereocenters. The number of aromatic nitrogens is 3. The summed E-state index contributed by atoms with van der Waals surface area (Å²) in [5.74, 6) is -0.118. The number of carbonyl (C=O) groups excluding carboxylic acids is 1. The summed E-state index contributed by atoms with van der Waals surface area (Å²) in [6.45, 7) is 8.73. The number of rotatable bonds is 8. The van der Waals surface area contributed by atoms with E-state index in [-0.39, 0.29) is 17.2 Å². The third kappa shape index (κ3) is 4.36.